The minimum atomic E-state index is -0.0654. The van der Waals surface area contributed by atoms with Gasteiger partial charge < -0.3 is 25.3 Å². The van der Waals surface area contributed by atoms with Gasteiger partial charge in [0, 0.05) is 71.5 Å². The summed E-state index contributed by atoms with van der Waals surface area (Å²) in [6.07, 6.45) is 6.50. The molecule has 4 aliphatic rings. The average molecular weight is 587 g/mol. The molecule has 1 aromatic heterocycles. The van der Waals surface area contributed by atoms with E-state index < -0.39 is 0 Å². The van der Waals surface area contributed by atoms with Crippen LogP contribution in [0.5, 0.6) is 0 Å². The number of aromatic nitrogens is 1. The lowest BCUT2D eigenvalue weighted by Gasteiger charge is -2.39. The van der Waals surface area contributed by atoms with Crippen molar-refractivity contribution in [3.8, 4) is 0 Å². The molecule has 0 unspecified atom stereocenters. The van der Waals surface area contributed by atoms with E-state index in [2.05, 4.69) is 27.6 Å². The first-order valence-electron chi connectivity index (χ1n) is 15.5. The summed E-state index contributed by atoms with van der Waals surface area (Å²) in [4.78, 5) is 64.1. The summed E-state index contributed by atoms with van der Waals surface area (Å²) < 4.78 is 0. The minimum absolute atomic E-state index is 0.0180. The van der Waals surface area contributed by atoms with Crippen LogP contribution in [0.25, 0.3) is 0 Å². The van der Waals surface area contributed by atoms with Crippen molar-refractivity contribution >= 4 is 35.0 Å². The van der Waals surface area contributed by atoms with Crippen LogP contribution in [0.4, 0.5) is 0 Å². The number of nitrogens with one attached hydrogen (secondary N) is 2. The van der Waals surface area contributed by atoms with Crippen LogP contribution in [0.1, 0.15) is 71.7 Å². The van der Waals surface area contributed by atoms with Gasteiger partial charge in [-0.05, 0) is 76.3 Å². The Kier molecular flexibility index (Phi) is 9.95. The van der Waals surface area contributed by atoms with Gasteiger partial charge in [0.05, 0.1) is 10.7 Å². The Bertz CT molecular complexity index is 1120. The van der Waals surface area contributed by atoms with Crippen LogP contribution >= 0.6 is 11.3 Å². The lowest BCUT2D eigenvalue weighted by atomic mass is 9.80. The predicted octanol–water partition coefficient (Wildman–Crippen LogP) is 2.07. The molecule has 5 rings (SSSR count). The molecule has 226 valence electrons. The zero-order valence-electron chi connectivity index (χ0n) is 24.7. The smallest absolute Gasteiger partial charge is 0.265 e. The van der Waals surface area contributed by atoms with E-state index in [1.807, 2.05) is 16.7 Å². The van der Waals surface area contributed by atoms with Crippen LogP contribution in [0.2, 0.25) is 0 Å². The molecule has 4 aliphatic heterocycles. The maximum Gasteiger partial charge on any atom is 0.265 e. The molecular weight excluding hydrogens is 540 g/mol. The fourth-order valence-electron chi connectivity index (χ4n) is 7.17. The quantitative estimate of drug-likeness (QED) is 0.549. The summed E-state index contributed by atoms with van der Waals surface area (Å²) in [7, 11) is 2.12. The van der Waals surface area contributed by atoms with Gasteiger partial charge in [0.25, 0.3) is 5.91 Å². The third-order valence-electron chi connectivity index (χ3n) is 9.60. The van der Waals surface area contributed by atoms with Gasteiger partial charge in [0.15, 0.2) is 0 Å². The third kappa shape index (κ3) is 7.66. The number of aryl methyl sites for hydroxylation is 1. The number of amides is 4. The molecule has 0 aliphatic carbocycles. The molecule has 4 bridgehead atoms. The van der Waals surface area contributed by atoms with Crippen LogP contribution in [0.15, 0.2) is 0 Å². The van der Waals surface area contributed by atoms with Gasteiger partial charge in [-0.2, -0.15) is 0 Å². The molecule has 0 spiro atoms. The Hall–Kier alpha value is -2.53. The number of nitrogens with zero attached hydrogens (tertiary/aromatic N) is 4. The molecule has 4 atom stereocenters. The summed E-state index contributed by atoms with van der Waals surface area (Å²) in [6.45, 7) is 7.55. The van der Waals surface area contributed by atoms with E-state index in [0.717, 1.165) is 63.3 Å². The zero-order valence-corrected chi connectivity index (χ0v) is 25.5. The number of likely N-dealkylation sites (tertiary alicyclic amines) is 2. The summed E-state index contributed by atoms with van der Waals surface area (Å²) in [6, 6.07) is 0. The van der Waals surface area contributed by atoms with E-state index in [9.17, 15) is 19.2 Å². The summed E-state index contributed by atoms with van der Waals surface area (Å²) >= 11 is 1.41. The molecular formula is C30H46N6O4S. The second kappa shape index (κ2) is 13.6. The van der Waals surface area contributed by atoms with E-state index in [-0.39, 0.29) is 35.5 Å². The zero-order chi connectivity index (χ0) is 28.9. The summed E-state index contributed by atoms with van der Waals surface area (Å²) in [5.41, 5.74) is 0.713. The van der Waals surface area contributed by atoms with E-state index >= 15 is 0 Å². The molecule has 3 fully saturated rings. The van der Waals surface area contributed by atoms with Crippen LogP contribution in [-0.4, -0.2) is 103 Å². The lowest BCUT2D eigenvalue weighted by molar-refractivity contribution is -0.133. The largest absolute Gasteiger partial charge is 0.356 e. The number of thiazole rings is 1. The highest BCUT2D eigenvalue weighted by molar-refractivity contribution is 7.13. The normalized spacial score (nSPS) is 29.2. The number of carbonyl (C=O) groups is 4. The standard InChI is InChI=1S/C30H46N6O4S/c1-20-29-30(40)36-14-8-22(17-28(39)35-11-3-4-12-35)24(19-36)16-26(38)31-9-5-23-18-34(2)13-7-21(23)15-25(37)32-10-6-27(33-20)41-29/h21-24H,3-19H2,1-2H3,(H,31,38)(H,32,37)/t21-,22-,23-,24-/m0/s1. The van der Waals surface area contributed by atoms with Crippen LogP contribution in [-0.2, 0) is 20.8 Å². The molecule has 10 nitrogen and oxygen atoms in total. The molecule has 0 saturated carbocycles. The highest BCUT2D eigenvalue weighted by atomic mass is 32.1. The fourth-order valence-corrected chi connectivity index (χ4v) is 8.20. The number of fused-ring (bicyclic) bond motifs is 5. The SMILES string of the molecule is Cc1nc2sc1C(=O)N1CC[C@@H](CC(=O)N3CCCC3)[C@@H](CC(=O)NCC[C@H]3CN(C)CC[C@H]3CC(=O)NCC2)C1. The van der Waals surface area contributed by atoms with Crippen molar-refractivity contribution in [2.75, 3.05) is 59.4 Å². The average Bonchev–Trinajstić information content (AvgIpc) is 3.60. The minimum Gasteiger partial charge on any atom is -0.356 e. The Morgan fingerprint density at radius 1 is 0.902 bits per heavy atom. The Morgan fingerprint density at radius 3 is 2.41 bits per heavy atom. The first-order valence-corrected chi connectivity index (χ1v) is 16.3. The number of hydrogen-bond acceptors (Lipinski definition) is 7. The Balaban J connectivity index is 1.33. The van der Waals surface area contributed by atoms with Crippen molar-refractivity contribution in [2.24, 2.45) is 23.7 Å². The first kappa shape index (κ1) is 29.9. The molecule has 0 radical (unpaired) electrons. The summed E-state index contributed by atoms with van der Waals surface area (Å²) in [5.74, 6) is 0.839. The highest BCUT2D eigenvalue weighted by Gasteiger charge is 2.37. The molecule has 41 heavy (non-hydrogen) atoms. The van der Waals surface area contributed by atoms with Gasteiger partial charge in [0.2, 0.25) is 17.7 Å². The van der Waals surface area contributed by atoms with Crippen LogP contribution in [0, 0.1) is 30.6 Å². The van der Waals surface area contributed by atoms with Gasteiger partial charge in [-0.15, -0.1) is 11.3 Å². The maximum atomic E-state index is 13.6. The van der Waals surface area contributed by atoms with Crippen molar-refractivity contribution in [3.63, 3.8) is 0 Å². The molecule has 0 aromatic carbocycles. The van der Waals surface area contributed by atoms with Crippen molar-refractivity contribution in [3.05, 3.63) is 15.6 Å². The second-order valence-corrected chi connectivity index (χ2v) is 13.7. The van der Waals surface area contributed by atoms with E-state index in [1.165, 1.54) is 11.3 Å². The van der Waals surface area contributed by atoms with E-state index in [0.29, 0.717) is 74.3 Å². The predicted molar refractivity (Wildman–Crippen MR) is 157 cm³/mol. The lowest BCUT2D eigenvalue weighted by Crippen LogP contribution is -2.46. The Morgan fingerprint density at radius 2 is 1.63 bits per heavy atom. The summed E-state index contributed by atoms with van der Waals surface area (Å²) in [5, 5.41) is 7.07. The van der Waals surface area contributed by atoms with Gasteiger partial charge in [-0.25, -0.2) is 4.98 Å². The molecule has 1 aromatic rings. The van der Waals surface area contributed by atoms with Crippen LogP contribution < -0.4 is 10.6 Å². The fraction of sp³-hybridized carbons (Fsp3) is 0.767. The third-order valence-corrected chi connectivity index (χ3v) is 10.8. The number of carbonyl (C=O) groups excluding carboxylic acids is 4. The van der Waals surface area contributed by atoms with E-state index in [1.54, 1.807) is 0 Å². The van der Waals surface area contributed by atoms with Crippen molar-refractivity contribution in [1.29, 1.82) is 0 Å². The second-order valence-electron chi connectivity index (χ2n) is 12.6. The highest BCUT2D eigenvalue weighted by Crippen LogP contribution is 2.33. The Labute approximate surface area is 247 Å². The molecule has 5 heterocycles. The maximum absolute atomic E-state index is 13.6. The number of piperidine rings is 2. The van der Waals surface area contributed by atoms with Crippen molar-refractivity contribution in [1.82, 2.24) is 30.3 Å². The monoisotopic (exact) mass is 586 g/mol. The molecule has 2 N–H and O–H groups in total. The van der Waals surface area contributed by atoms with Gasteiger partial charge in [0.1, 0.15) is 4.88 Å². The van der Waals surface area contributed by atoms with Gasteiger partial charge in [-0.1, -0.05) is 0 Å². The van der Waals surface area contributed by atoms with Crippen molar-refractivity contribution in [2.45, 2.75) is 64.7 Å². The van der Waals surface area contributed by atoms with Crippen LogP contribution in [0.3, 0.4) is 0 Å². The van der Waals surface area contributed by atoms with Crippen molar-refractivity contribution < 1.29 is 19.2 Å². The van der Waals surface area contributed by atoms with Gasteiger partial charge >= 0.3 is 0 Å². The number of hydrogen-bond donors (Lipinski definition) is 2. The first-order chi connectivity index (χ1) is 19.8. The van der Waals surface area contributed by atoms with Gasteiger partial charge in [-0.3, -0.25) is 19.2 Å². The molecule has 4 amide bonds. The number of rotatable bonds is 2. The molecule has 3 saturated heterocycles. The van der Waals surface area contributed by atoms with E-state index in [4.69, 9.17) is 0 Å². The molecule has 11 heteroatoms. The topological polar surface area (TPSA) is 115 Å².